The average molecular weight is 387 g/mol. The van der Waals surface area contributed by atoms with Gasteiger partial charge in [0.15, 0.2) is 0 Å². The van der Waals surface area contributed by atoms with Crippen LogP contribution in [0.3, 0.4) is 0 Å². The Balaban J connectivity index is 2.47. The van der Waals surface area contributed by atoms with Crippen molar-refractivity contribution in [3.8, 4) is 0 Å². The largest absolute Gasteiger partial charge is 0.306 e. The van der Waals surface area contributed by atoms with Gasteiger partial charge in [0.1, 0.15) is 0 Å². The van der Waals surface area contributed by atoms with Crippen LogP contribution in [0, 0.1) is 20.8 Å². The second-order valence-electron chi connectivity index (χ2n) is 5.45. The van der Waals surface area contributed by atoms with Crippen LogP contribution in [0.5, 0.6) is 0 Å². The van der Waals surface area contributed by atoms with Crippen LogP contribution >= 0.6 is 38.9 Å². The number of hydrogen-bond donors (Lipinski definition) is 1. The fourth-order valence-electron chi connectivity index (χ4n) is 2.30. The van der Waals surface area contributed by atoms with E-state index in [0.29, 0.717) is 0 Å². The molecule has 1 heterocycles. The van der Waals surface area contributed by atoms with Crippen molar-refractivity contribution in [2.24, 2.45) is 0 Å². The SMILES string of the molecule is CCCNC(c1cc(C)c(Br)s1)c1cc(C)c(C)cc1Cl. The van der Waals surface area contributed by atoms with E-state index in [9.17, 15) is 0 Å². The summed E-state index contributed by atoms with van der Waals surface area (Å²) in [6.45, 7) is 9.53. The molecule has 0 saturated heterocycles. The molecule has 1 aromatic heterocycles. The quantitative estimate of drug-likeness (QED) is 0.647. The van der Waals surface area contributed by atoms with E-state index in [1.807, 2.05) is 0 Å². The first kappa shape index (κ1) is 17.0. The Kier molecular flexibility index (Phi) is 5.89. The maximum absolute atomic E-state index is 6.52. The monoisotopic (exact) mass is 385 g/mol. The number of halogens is 2. The molecule has 0 amide bonds. The minimum absolute atomic E-state index is 0.159. The summed E-state index contributed by atoms with van der Waals surface area (Å²) >= 11 is 11.9. The Labute approximate surface area is 144 Å². The smallest absolute Gasteiger partial charge is 0.0731 e. The molecule has 2 rings (SSSR count). The number of hydrogen-bond acceptors (Lipinski definition) is 2. The number of nitrogens with one attached hydrogen (secondary N) is 1. The van der Waals surface area contributed by atoms with Crippen LogP contribution < -0.4 is 5.32 Å². The summed E-state index contributed by atoms with van der Waals surface area (Å²) in [6.07, 6.45) is 1.10. The highest BCUT2D eigenvalue weighted by molar-refractivity contribution is 9.11. The van der Waals surface area contributed by atoms with Gasteiger partial charge in [-0.3, -0.25) is 0 Å². The zero-order valence-electron chi connectivity index (χ0n) is 12.9. The summed E-state index contributed by atoms with van der Waals surface area (Å²) in [5.74, 6) is 0. The van der Waals surface area contributed by atoms with E-state index in [4.69, 9.17) is 11.6 Å². The summed E-state index contributed by atoms with van der Waals surface area (Å²) in [6, 6.07) is 6.69. The van der Waals surface area contributed by atoms with Gasteiger partial charge < -0.3 is 5.32 Å². The molecule has 1 nitrogen and oxygen atoms in total. The fourth-order valence-corrected chi connectivity index (χ4v) is 4.30. The van der Waals surface area contributed by atoms with Crippen molar-refractivity contribution in [3.63, 3.8) is 0 Å². The normalized spacial score (nSPS) is 12.7. The number of aryl methyl sites for hydroxylation is 3. The van der Waals surface area contributed by atoms with E-state index in [0.717, 1.165) is 18.0 Å². The van der Waals surface area contributed by atoms with E-state index in [-0.39, 0.29) is 6.04 Å². The molecule has 1 aromatic carbocycles. The Hall–Kier alpha value is -0.350. The van der Waals surface area contributed by atoms with Crippen LogP contribution in [0.15, 0.2) is 22.0 Å². The third-order valence-electron chi connectivity index (χ3n) is 3.68. The van der Waals surface area contributed by atoms with Crippen LogP contribution in [-0.4, -0.2) is 6.54 Å². The zero-order valence-corrected chi connectivity index (χ0v) is 16.0. The topological polar surface area (TPSA) is 12.0 Å². The van der Waals surface area contributed by atoms with Crippen molar-refractivity contribution < 1.29 is 0 Å². The van der Waals surface area contributed by atoms with Crippen molar-refractivity contribution in [1.29, 1.82) is 0 Å². The van der Waals surface area contributed by atoms with Crippen LogP contribution in [0.1, 0.15) is 46.5 Å². The summed E-state index contributed by atoms with van der Waals surface area (Å²) in [5.41, 5.74) is 4.96. The number of benzene rings is 1. The molecule has 0 fully saturated rings. The molecule has 0 saturated carbocycles. The zero-order chi connectivity index (χ0) is 15.6. The van der Waals surface area contributed by atoms with Crippen molar-refractivity contribution in [2.45, 2.75) is 40.2 Å². The minimum atomic E-state index is 0.159. The molecule has 1 atom stereocenters. The predicted octanol–water partition coefficient (Wildman–Crippen LogP) is 6.18. The molecule has 0 spiro atoms. The third-order valence-corrected chi connectivity index (χ3v) is 6.21. The highest BCUT2D eigenvalue weighted by Gasteiger charge is 2.20. The van der Waals surface area contributed by atoms with Crippen LogP contribution in [0.2, 0.25) is 5.02 Å². The minimum Gasteiger partial charge on any atom is -0.306 e. The van der Waals surface area contributed by atoms with E-state index < -0.39 is 0 Å². The molecule has 0 radical (unpaired) electrons. The van der Waals surface area contributed by atoms with Crippen molar-refractivity contribution in [3.05, 3.63) is 54.1 Å². The lowest BCUT2D eigenvalue weighted by molar-refractivity contribution is 0.605. The average Bonchev–Trinajstić information content (AvgIpc) is 2.75. The van der Waals surface area contributed by atoms with Crippen molar-refractivity contribution in [2.75, 3.05) is 6.54 Å². The second-order valence-corrected chi connectivity index (χ2v) is 8.26. The molecular weight excluding hydrogens is 366 g/mol. The molecule has 4 heteroatoms. The van der Waals surface area contributed by atoms with Gasteiger partial charge in [-0.25, -0.2) is 0 Å². The summed E-state index contributed by atoms with van der Waals surface area (Å²) < 4.78 is 1.20. The van der Waals surface area contributed by atoms with Crippen molar-refractivity contribution >= 4 is 38.9 Å². The molecule has 21 heavy (non-hydrogen) atoms. The molecule has 0 aliphatic rings. The van der Waals surface area contributed by atoms with Gasteiger partial charge in [-0.1, -0.05) is 24.6 Å². The van der Waals surface area contributed by atoms with E-state index >= 15 is 0 Å². The molecule has 0 aliphatic heterocycles. The second kappa shape index (κ2) is 7.28. The van der Waals surface area contributed by atoms with Gasteiger partial charge in [-0.15, -0.1) is 11.3 Å². The molecule has 1 unspecified atom stereocenters. The van der Waals surface area contributed by atoms with Crippen LogP contribution in [-0.2, 0) is 0 Å². The number of rotatable bonds is 5. The van der Waals surface area contributed by atoms with Gasteiger partial charge in [0, 0.05) is 9.90 Å². The molecule has 0 bridgehead atoms. The lowest BCUT2D eigenvalue weighted by atomic mass is 9.99. The summed E-state index contributed by atoms with van der Waals surface area (Å²) in [7, 11) is 0. The van der Waals surface area contributed by atoms with Gasteiger partial charge >= 0.3 is 0 Å². The molecule has 1 N–H and O–H groups in total. The lowest BCUT2D eigenvalue weighted by Gasteiger charge is -2.20. The fraction of sp³-hybridized carbons (Fsp3) is 0.412. The van der Waals surface area contributed by atoms with E-state index in [1.165, 1.54) is 30.9 Å². The van der Waals surface area contributed by atoms with Crippen LogP contribution in [0.4, 0.5) is 0 Å². The Morgan fingerprint density at radius 3 is 2.38 bits per heavy atom. The first-order valence-electron chi connectivity index (χ1n) is 7.19. The molecule has 0 aliphatic carbocycles. The molecule has 114 valence electrons. The first-order chi connectivity index (χ1) is 9.93. The predicted molar refractivity (Wildman–Crippen MR) is 97.8 cm³/mol. The molecular formula is C17H21BrClNS. The van der Waals surface area contributed by atoms with Gasteiger partial charge in [-0.2, -0.15) is 0 Å². The maximum atomic E-state index is 6.52. The Morgan fingerprint density at radius 2 is 1.81 bits per heavy atom. The standard InChI is InChI=1S/C17H21BrClNS/c1-5-6-20-16(15-9-12(4)17(18)21-15)13-7-10(2)11(3)8-14(13)19/h7-9,16,20H,5-6H2,1-4H3. The summed E-state index contributed by atoms with van der Waals surface area (Å²) in [5, 5.41) is 4.48. The van der Waals surface area contributed by atoms with Gasteiger partial charge in [0.25, 0.3) is 0 Å². The lowest BCUT2D eigenvalue weighted by Crippen LogP contribution is -2.23. The third kappa shape index (κ3) is 3.89. The highest BCUT2D eigenvalue weighted by Crippen LogP contribution is 2.37. The van der Waals surface area contributed by atoms with Gasteiger partial charge in [0.05, 0.1) is 9.83 Å². The molecule has 2 aromatic rings. The maximum Gasteiger partial charge on any atom is 0.0731 e. The van der Waals surface area contributed by atoms with Gasteiger partial charge in [-0.05, 0) is 84.1 Å². The Bertz CT molecular complexity index is 616. The Morgan fingerprint density at radius 1 is 1.14 bits per heavy atom. The number of thiophene rings is 1. The van der Waals surface area contributed by atoms with Gasteiger partial charge in [0.2, 0.25) is 0 Å². The highest BCUT2D eigenvalue weighted by atomic mass is 79.9. The van der Waals surface area contributed by atoms with Crippen LogP contribution in [0.25, 0.3) is 0 Å². The van der Waals surface area contributed by atoms with E-state index in [1.54, 1.807) is 11.3 Å². The summed E-state index contributed by atoms with van der Waals surface area (Å²) in [4.78, 5) is 1.30. The van der Waals surface area contributed by atoms with E-state index in [2.05, 4.69) is 67.1 Å². The first-order valence-corrected chi connectivity index (χ1v) is 9.18. The van der Waals surface area contributed by atoms with Crippen molar-refractivity contribution in [1.82, 2.24) is 5.32 Å².